The maximum Gasteiger partial charge on any atom is 0.276 e. The zero-order valence-corrected chi connectivity index (χ0v) is 32.8. The molecule has 6 aromatic rings. The van der Waals surface area contributed by atoms with E-state index in [-0.39, 0.29) is 48.3 Å². The Morgan fingerprint density at radius 3 is 2.34 bits per heavy atom. The quantitative estimate of drug-likeness (QED) is 0.0617. The fraction of sp³-hybridized carbons (Fsp3) is 0.350. The van der Waals surface area contributed by atoms with E-state index in [4.69, 9.17) is 25.6 Å². The predicted octanol–water partition coefficient (Wildman–Crippen LogP) is 3.76. The average Bonchev–Trinajstić information content (AvgIpc) is 3.95. The van der Waals surface area contributed by atoms with Crippen LogP contribution in [0.3, 0.4) is 0 Å². The standard InChI is InChI=1S/C40H46N12O6/c1-5-27-35(58-23(4)45-27)32(53)21-44-39-47-29-17-26(37(42)55)18-33(57-14-11-24-19-43-20-24)34(29)51(39)13-8-7-12-50-30-10-9-25(36(41)54)16-28(30)46-40(50)48-38(56)31-15-22(3)49-52(31)6-2/h7-10,15-18,24,43H,5-6,11-14,19-21H2,1-4H3,(H2,41,54)(H2,42,55)(H,44,47)(H,46,48,56)/b8-7+. The second-order valence-electron chi connectivity index (χ2n) is 14.1. The van der Waals surface area contributed by atoms with Gasteiger partial charge in [-0.3, -0.25) is 29.2 Å². The Kier molecular flexibility index (Phi) is 11.4. The molecule has 0 aliphatic carbocycles. The number of primary amides is 2. The van der Waals surface area contributed by atoms with E-state index in [1.165, 1.54) is 0 Å². The third-order valence-corrected chi connectivity index (χ3v) is 9.98. The summed E-state index contributed by atoms with van der Waals surface area (Å²) in [5.74, 6) is 0.193. The number of nitrogens with one attached hydrogen (secondary N) is 3. The number of allylic oxidation sites excluding steroid dienone is 2. The molecule has 7 rings (SSSR count). The van der Waals surface area contributed by atoms with Gasteiger partial charge in [-0.05, 0) is 82.1 Å². The maximum atomic E-state index is 13.5. The van der Waals surface area contributed by atoms with Crippen molar-refractivity contribution in [3.05, 3.63) is 88.4 Å². The van der Waals surface area contributed by atoms with E-state index in [0.29, 0.717) is 82.2 Å². The normalized spacial score (nSPS) is 13.0. The van der Waals surface area contributed by atoms with E-state index in [2.05, 4.69) is 31.0 Å². The Labute approximate surface area is 333 Å². The van der Waals surface area contributed by atoms with Gasteiger partial charge in [0.2, 0.25) is 29.5 Å². The van der Waals surface area contributed by atoms with E-state index in [1.54, 1.807) is 48.0 Å². The highest BCUT2D eigenvalue weighted by Gasteiger charge is 2.23. The number of fused-ring (bicyclic) bond motifs is 2. The van der Waals surface area contributed by atoms with Gasteiger partial charge in [-0.2, -0.15) is 5.10 Å². The molecule has 18 nitrogen and oxygen atoms in total. The largest absolute Gasteiger partial charge is 0.491 e. The average molecular weight is 791 g/mol. The number of ether oxygens (including phenoxy) is 1. The summed E-state index contributed by atoms with van der Waals surface area (Å²) in [6.45, 7) is 10.4. The van der Waals surface area contributed by atoms with Crippen molar-refractivity contribution in [2.75, 3.05) is 36.9 Å². The third kappa shape index (κ3) is 8.17. The molecule has 5 heterocycles. The fourth-order valence-electron chi connectivity index (χ4n) is 6.91. The molecule has 3 amide bonds. The summed E-state index contributed by atoms with van der Waals surface area (Å²) in [5, 5.41) is 13.8. The summed E-state index contributed by atoms with van der Waals surface area (Å²) in [4.78, 5) is 65.1. The number of anilines is 2. The van der Waals surface area contributed by atoms with Crippen molar-refractivity contribution >= 4 is 57.5 Å². The lowest BCUT2D eigenvalue weighted by Crippen LogP contribution is -2.42. The molecular formula is C40H46N12O6. The number of carbonyl (C=O) groups excluding carboxylic acids is 4. The number of imidazole rings is 2. The molecule has 1 saturated heterocycles. The SMILES string of the molecule is CCc1nc(C)oc1C(=O)CNc1nc2cc(C(N)=O)cc(OCCC3CNC3)c2n1C/C=C/Cn1c(NC(=O)c2cc(C)nn2CC)nc2cc(C(N)=O)ccc21. The first-order valence-electron chi connectivity index (χ1n) is 19.2. The Bertz CT molecular complexity index is 2570. The Hall–Kier alpha value is -6.82. The number of nitrogens with two attached hydrogens (primary N) is 2. The third-order valence-electron chi connectivity index (χ3n) is 9.98. The highest BCUT2D eigenvalue weighted by Crippen LogP contribution is 2.32. The molecular weight excluding hydrogens is 745 g/mol. The number of Topliss-reactive ketones (excluding diaryl/α,β-unsaturated/α-hetero) is 1. The second-order valence-corrected chi connectivity index (χ2v) is 14.1. The smallest absolute Gasteiger partial charge is 0.276 e. The molecule has 18 heteroatoms. The molecule has 0 bridgehead atoms. The number of benzene rings is 2. The number of amides is 3. The summed E-state index contributed by atoms with van der Waals surface area (Å²) in [6.07, 6.45) is 5.15. The van der Waals surface area contributed by atoms with Gasteiger partial charge in [0.25, 0.3) is 5.91 Å². The van der Waals surface area contributed by atoms with Crippen molar-refractivity contribution in [1.82, 2.24) is 39.2 Å². The molecule has 0 spiro atoms. The molecule has 0 saturated carbocycles. The number of aryl methyl sites for hydroxylation is 4. The number of nitrogens with zero attached hydrogens (tertiary/aromatic N) is 7. The summed E-state index contributed by atoms with van der Waals surface area (Å²) in [7, 11) is 0. The minimum atomic E-state index is -0.630. The van der Waals surface area contributed by atoms with Crippen LogP contribution in [0.2, 0.25) is 0 Å². The minimum absolute atomic E-state index is 0.143. The molecule has 58 heavy (non-hydrogen) atoms. The van der Waals surface area contributed by atoms with Crippen LogP contribution in [0.15, 0.2) is 53.0 Å². The number of carbonyl (C=O) groups is 4. The van der Waals surface area contributed by atoms with Crippen molar-refractivity contribution in [2.45, 2.75) is 60.2 Å². The molecule has 2 aromatic carbocycles. The van der Waals surface area contributed by atoms with Gasteiger partial charge < -0.3 is 40.4 Å². The van der Waals surface area contributed by atoms with Gasteiger partial charge in [-0.25, -0.2) is 15.0 Å². The van der Waals surface area contributed by atoms with Gasteiger partial charge in [0, 0.05) is 37.7 Å². The van der Waals surface area contributed by atoms with Crippen LogP contribution in [0.5, 0.6) is 5.75 Å². The summed E-state index contributed by atoms with van der Waals surface area (Å²) < 4.78 is 17.2. The highest BCUT2D eigenvalue weighted by atomic mass is 16.5. The van der Waals surface area contributed by atoms with Crippen LogP contribution < -0.4 is 32.2 Å². The molecule has 0 unspecified atom stereocenters. The predicted molar refractivity (Wildman–Crippen MR) is 216 cm³/mol. The number of rotatable bonds is 18. The first kappa shape index (κ1) is 39.4. The summed E-state index contributed by atoms with van der Waals surface area (Å²) in [5.41, 5.74) is 15.6. The Morgan fingerprint density at radius 1 is 0.931 bits per heavy atom. The first-order valence-corrected chi connectivity index (χ1v) is 19.2. The van der Waals surface area contributed by atoms with E-state index in [1.807, 2.05) is 42.1 Å². The molecule has 302 valence electrons. The lowest BCUT2D eigenvalue weighted by molar-refractivity contribution is 0.0973. The van der Waals surface area contributed by atoms with Crippen LogP contribution in [0.1, 0.15) is 79.3 Å². The van der Waals surface area contributed by atoms with Gasteiger partial charge in [-0.1, -0.05) is 19.1 Å². The van der Waals surface area contributed by atoms with Crippen LogP contribution in [-0.4, -0.2) is 83.6 Å². The molecule has 1 aliphatic rings. The van der Waals surface area contributed by atoms with Crippen molar-refractivity contribution in [2.24, 2.45) is 17.4 Å². The fourth-order valence-corrected chi connectivity index (χ4v) is 6.91. The van der Waals surface area contributed by atoms with Crippen molar-refractivity contribution in [3.8, 4) is 5.75 Å². The van der Waals surface area contributed by atoms with Crippen LogP contribution in [-0.2, 0) is 26.1 Å². The second kappa shape index (κ2) is 16.7. The van der Waals surface area contributed by atoms with E-state index < -0.39 is 17.7 Å². The molecule has 0 atom stereocenters. The number of oxazole rings is 1. The number of aromatic nitrogens is 7. The van der Waals surface area contributed by atoms with Crippen LogP contribution in [0.4, 0.5) is 11.9 Å². The first-order chi connectivity index (χ1) is 27.9. The van der Waals surface area contributed by atoms with Crippen LogP contribution in [0, 0.1) is 19.8 Å². The van der Waals surface area contributed by atoms with Crippen molar-refractivity contribution in [1.29, 1.82) is 0 Å². The van der Waals surface area contributed by atoms with E-state index >= 15 is 0 Å². The minimum Gasteiger partial charge on any atom is -0.491 e. The van der Waals surface area contributed by atoms with Crippen molar-refractivity contribution < 1.29 is 28.3 Å². The van der Waals surface area contributed by atoms with Gasteiger partial charge in [0.05, 0.1) is 41.1 Å². The Balaban J connectivity index is 1.22. The molecule has 1 aliphatic heterocycles. The molecule has 0 radical (unpaired) electrons. The lowest BCUT2D eigenvalue weighted by Gasteiger charge is -2.26. The molecule has 4 aromatic heterocycles. The summed E-state index contributed by atoms with van der Waals surface area (Å²) >= 11 is 0. The number of ketones is 1. The van der Waals surface area contributed by atoms with Crippen molar-refractivity contribution in [3.63, 3.8) is 0 Å². The molecule has 1 fully saturated rings. The Morgan fingerprint density at radius 2 is 1.66 bits per heavy atom. The van der Waals surface area contributed by atoms with Crippen LogP contribution >= 0.6 is 0 Å². The van der Waals surface area contributed by atoms with E-state index in [9.17, 15) is 19.2 Å². The lowest BCUT2D eigenvalue weighted by atomic mass is 10.0. The zero-order valence-electron chi connectivity index (χ0n) is 32.8. The topological polar surface area (TPSA) is 245 Å². The summed E-state index contributed by atoms with van der Waals surface area (Å²) in [6, 6.07) is 9.84. The highest BCUT2D eigenvalue weighted by molar-refractivity contribution is 6.04. The number of hydrogen-bond donors (Lipinski definition) is 5. The molecule has 7 N–H and O–H groups in total. The zero-order chi connectivity index (χ0) is 41.1. The van der Waals surface area contributed by atoms with Gasteiger partial charge in [0.15, 0.2) is 11.7 Å². The van der Waals surface area contributed by atoms with E-state index in [0.717, 1.165) is 19.5 Å². The maximum absolute atomic E-state index is 13.5. The van der Waals surface area contributed by atoms with Gasteiger partial charge in [0.1, 0.15) is 17.0 Å². The van der Waals surface area contributed by atoms with Crippen LogP contribution in [0.25, 0.3) is 22.1 Å². The van der Waals surface area contributed by atoms with Gasteiger partial charge >= 0.3 is 0 Å². The van der Waals surface area contributed by atoms with Gasteiger partial charge in [-0.15, -0.1) is 0 Å². The monoisotopic (exact) mass is 790 g/mol. The number of hydrogen-bond acceptors (Lipinski definition) is 12.